The maximum Gasteiger partial charge on any atom is 0.107 e. The van der Waals surface area contributed by atoms with Crippen LogP contribution in [-0.2, 0) is 19.4 Å². The van der Waals surface area contributed by atoms with E-state index in [0.29, 0.717) is 6.04 Å². The molecule has 0 bridgehead atoms. The predicted octanol–water partition coefficient (Wildman–Crippen LogP) is 2.91. The second-order valence-electron chi connectivity index (χ2n) is 4.37. The highest BCUT2D eigenvalue weighted by Crippen LogP contribution is 2.26. The van der Waals surface area contributed by atoms with Gasteiger partial charge in [0, 0.05) is 17.5 Å². The van der Waals surface area contributed by atoms with Crippen molar-refractivity contribution in [2.75, 3.05) is 0 Å². The Morgan fingerprint density at radius 1 is 1.40 bits per heavy atom. The van der Waals surface area contributed by atoms with E-state index in [1.54, 1.807) is 4.88 Å². The zero-order valence-electron chi connectivity index (χ0n) is 9.68. The van der Waals surface area contributed by atoms with Crippen LogP contribution in [0.25, 0.3) is 0 Å². The van der Waals surface area contributed by atoms with Gasteiger partial charge in [-0.15, -0.1) is 11.3 Å². The normalized spacial score (nSPS) is 17.5. The molecule has 1 aliphatic rings. The quantitative estimate of drug-likeness (QED) is 0.850. The summed E-state index contributed by atoms with van der Waals surface area (Å²) in [6.45, 7) is 5.39. The first kappa shape index (κ1) is 11.1. The van der Waals surface area contributed by atoms with Crippen molar-refractivity contribution in [2.24, 2.45) is 0 Å². The summed E-state index contributed by atoms with van der Waals surface area (Å²) < 4.78 is 0. The van der Waals surface area contributed by atoms with Gasteiger partial charge in [0.05, 0.1) is 5.69 Å². The van der Waals surface area contributed by atoms with Crippen LogP contribution in [0.1, 0.15) is 48.7 Å². The first-order chi connectivity index (χ1) is 7.29. The molecule has 1 unspecified atom stereocenters. The van der Waals surface area contributed by atoms with E-state index in [4.69, 9.17) is 4.98 Å². The lowest BCUT2D eigenvalue weighted by Gasteiger charge is -2.08. The molecule has 1 atom stereocenters. The molecule has 2 nitrogen and oxygen atoms in total. The first-order valence-electron chi connectivity index (χ1n) is 6.00. The summed E-state index contributed by atoms with van der Waals surface area (Å²) in [6, 6.07) is 0.603. The second-order valence-corrected chi connectivity index (χ2v) is 5.54. The Morgan fingerprint density at radius 3 is 2.93 bits per heavy atom. The molecule has 0 saturated heterocycles. The van der Waals surface area contributed by atoms with Crippen molar-refractivity contribution in [3.05, 3.63) is 15.6 Å². The minimum Gasteiger partial charge on any atom is -0.308 e. The molecule has 0 spiro atoms. The van der Waals surface area contributed by atoms with Gasteiger partial charge >= 0.3 is 0 Å². The number of aryl methyl sites for hydroxylation is 2. The third-order valence-corrected chi connectivity index (χ3v) is 4.26. The van der Waals surface area contributed by atoms with Crippen molar-refractivity contribution in [2.45, 2.75) is 58.5 Å². The zero-order valence-corrected chi connectivity index (χ0v) is 10.5. The summed E-state index contributed by atoms with van der Waals surface area (Å²) in [5.41, 5.74) is 1.38. The number of hydrogen-bond acceptors (Lipinski definition) is 3. The fraction of sp³-hybridized carbons (Fsp3) is 0.750. The Balaban J connectivity index is 1.94. The van der Waals surface area contributed by atoms with E-state index < -0.39 is 0 Å². The van der Waals surface area contributed by atoms with Crippen LogP contribution in [0.15, 0.2) is 0 Å². The Labute approximate surface area is 96.1 Å². The molecule has 0 aliphatic heterocycles. The molecule has 3 heteroatoms. The maximum absolute atomic E-state index is 4.71. The molecule has 2 rings (SSSR count). The Kier molecular flexibility index (Phi) is 3.76. The lowest BCUT2D eigenvalue weighted by molar-refractivity contribution is 0.532. The molecule has 1 aromatic heterocycles. The summed E-state index contributed by atoms with van der Waals surface area (Å²) in [7, 11) is 0. The summed E-state index contributed by atoms with van der Waals surface area (Å²) in [5.74, 6) is 0. The lowest BCUT2D eigenvalue weighted by atomic mass is 10.0. The van der Waals surface area contributed by atoms with Gasteiger partial charge in [-0.1, -0.05) is 6.92 Å². The van der Waals surface area contributed by atoms with Crippen molar-refractivity contribution in [3.63, 3.8) is 0 Å². The molecular weight excluding hydrogens is 204 g/mol. The van der Waals surface area contributed by atoms with E-state index in [0.717, 1.165) is 6.54 Å². The summed E-state index contributed by atoms with van der Waals surface area (Å²) in [5, 5.41) is 4.79. The number of fused-ring (bicyclic) bond motifs is 1. The Hall–Kier alpha value is -0.410. The van der Waals surface area contributed by atoms with Gasteiger partial charge in [0.15, 0.2) is 0 Å². The number of rotatable bonds is 4. The van der Waals surface area contributed by atoms with Crippen LogP contribution < -0.4 is 5.32 Å². The van der Waals surface area contributed by atoms with Gasteiger partial charge in [-0.25, -0.2) is 4.98 Å². The molecule has 0 fully saturated rings. The van der Waals surface area contributed by atoms with E-state index in [1.165, 1.54) is 42.8 Å². The van der Waals surface area contributed by atoms with Crippen LogP contribution in [0.2, 0.25) is 0 Å². The number of thiazole rings is 1. The van der Waals surface area contributed by atoms with Gasteiger partial charge in [0.25, 0.3) is 0 Å². The van der Waals surface area contributed by atoms with E-state index in [-0.39, 0.29) is 0 Å². The van der Waals surface area contributed by atoms with Gasteiger partial charge in [0.2, 0.25) is 0 Å². The van der Waals surface area contributed by atoms with Crippen LogP contribution in [0.5, 0.6) is 0 Å². The summed E-state index contributed by atoms with van der Waals surface area (Å²) in [6.07, 6.45) is 6.33. The van der Waals surface area contributed by atoms with Crippen LogP contribution in [0.3, 0.4) is 0 Å². The predicted molar refractivity (Wildman–Crippen MR) is 65.3 cm³/mol. The molecule has 0 aromatic carbocycles. The SMILES string of the molecule is CCC(C)NCc1nc2c(s1)CCCC2. The summed E-state index contributed by atoms with van der Waals surface area (Å²) >= 11 is 1.91. The molecule has 84 valence electrons. The molecular formula is C12H20N2S. The topological polar surface area (TPSA) is 24.9 Å². The number of nitrogens with zero attached hydrogens (tertiary/aromatic N) is 1. The van der Waals surface area contributed by atoms with Gasteiger partial charge in [0.1, 0.15) is 5.01 Å². The van der Waals surface area contributed by atoms with E-state index in [2.05, 4.69) is 19.2 Å². The van der Waals surface area contributed by atoms with Gasteiger partial charge in [-0.3, -0.25) is 0 Å². The van der Waals surface area contributed by atoms with Gasteiger partial charge in [-0.2, -0.15) is 0 Å². The molecule has 15 heavy (non-hydrogen) atoms. The van der Waals surface area contributed by atoms with Crippen LogP contribution >= 0.6 is 11.3 Å². The maximum atomic E-state index is 4.71. The fourth-order valence-electron chi connectivity index (χ4n) is 1.89. The number of hydrogen-bond donors (Lipinski definition) is 1. The van der Waals surface area contributed by atoms with Crippen LogP contribution in [0.4, 0.5) is 0 Å². The molecule has 0 amide bonds. The Bertz CT molecular complexity index is 296. The van der Waals surface area contributed by atoms with Crippen LogP contribution in [0, 0.1) is 0 Å². The average molecular weight is 224 g/mol. The van der Waals surface area contributed by atoms with Gasteiger partial charge in [-0.05, 0) is 39.0 Å². The fourth-order valence-corrected chi connectivity index (χ4v) is 2.99. The minimum atomic E-state index is 0.603. The highest BCUT2D eigenvalue weighted by molar-refractivity contribution is 7.11. The number of aromatic nitrogens is 1. The van der Waals surface area contributed by atoms with E-state index in [9.17, 15) is 0 Å². The molecule has 1 aromatic rings. The third kappa shape index (κ3) is 2.79. The highest BCUT2D eigenvalue weighted by atomic mass is 32.1. The average Bonchev–Trinajstić information content (AvgIpc) is 2.68. The van der Waals surface area contributed by atoms with E-state index in [1.807, 2.05) is 11.3 Å². The van der Waals surface area contributed by atoms with Crippen molar-refractivity contribution < 1.29 is 0 Å². The first-order valence-corrected chi connectivity index (χ1v) is 6.82. The molecule has 0 saturated carbocycles. The molecule has 1 heterocycles. The largest absolute Gasteiger partial charge is 0.308 e. The second kappa shape index (κ2) is 5.08. The van der Waals surface area contributed by atoms with Crippen molar-refractivity contribution >= 4 is 11.3 Å². The molecule has 1 aliphatic carbocycles. The Morgan fingerprint density at radius 2 is 2.20 bits per heavy atom. The standard InChI is InChI=1S/C12H20N2S/c1-3-9(2)13-8-12-14-10-6-4-5-7-11(10)15-12/h9,13H,3-8H2,1-2H3. The zero-order chi connectivity index (χ0) is 10.7. The highest BCUT2D eigenvalue weighted by Gasteiger charge is 2.14. The number of nitrogens with one attached hydrogen (secondary N) is 1. The lowest BCUT2D eigenvalue weighted by Crippen LogP contribution is -2.24. The van der Waals surface area contributed by atoms with Gasteiger partial charge < -0.3 is 5.32 Å². The van der Waals surface area contributed by atoms with E-state index >= 15 is 0 Å². The van der Waals surface area contributed by atoms with Crippen LogP contribution in [-0.4, -0.2) is 11.0 Å². The van der Waals surface area contributed by atoms with Crippen molar-refractivity contribution in [3.8, 4) is 0 Å². The minimum absolute atomic E-state index is 0.603. The monoisotopic (exact) mass is 224 g/mol. The smallest absolute Gasteiger partial charge is 0.107 e. The molecule has 0 radical (unpaired) electrons. The van der Waals surface area contributed by atoms with Crippen molar-refractivity contribution in [1.82, 2.24) is 10.3 Å². The molecule has 1 N–H and O–H groups in total. The van der Waals surface area contributed by atoms with Crippen molar-refractivity contribution in [1.29, 1.82) is 0 Å². The third-order valence-electron chi connectivity index (χ3n) is 3.10. The summed E-state index contributed by atoms with van der Waals surface area (Å²) in [4.78, 5) is 6.26.